The van der Waals surface area contributed by atoms with Crippen molar-refractivity contribution >= 4 is 17.5 Å². The van der Waals surface area contributed by atoms with E-state index in [0.29, 0.717) is 5.56 Å². The minimum atomic E-state index is -0.463. The van der Waals surface area contributed by atoms with Gasteiger partial charge >= 0.3 is 0 Å². The number of carbonyl (C=O) groups excluding carboxylic acids is 2. The summed E-state index contributed by atoms with van der Waals surface area (Å²) >= 11 is 0. The van der Waals surface area contributed by atoms with Crippen molar-refractivity contribution in [3.05, 3.63) is 29.3 Å². The van der Waals surface area contributed by atoms with Gasteiger partial charge in [-0.15, -0.1) is 0 Å². The van der Waals surface area contributed by atoms with E-state index in [-0.39, 0.29) is 11.9 Å². The molecule has 1 atom stereocenters. The molecule has 2 amide bonds. The lowest BCUT2D eigenvalue weighted by atomic mass is 10.0. The Kier molecular flexibility index (Phi) is 4.16. The van der Waals surface area contributed by atoms with Crippen molar-refractivity contribution in [3.8, 4) is 0 Å². The molecule has 1 saturated heterocycles. The van der Waals surface area contributed by atoms with Crippen LogP contribution in [0.2, 0.25) is 0 Å². The van der Waals surface area contributed by atoms with E-state index in [2.05, 4.69) is 10.6 Å². The highest BCUT2D eigenvalue weighted by molar-refractivity contribution is 5.97. The minimum absolute atomic E-state index is 0.0189. The number of primary amides is 1. The maximum atomic E-state index is 12.1. The van der Waals surface area contributed by atoms with E-state index in [1.54, 1.807) is 18.2 Å². The first-order chi connectivity index (χ1) is 9.08. The minimum Gasteiger partial charge on any atom is -0.366 e. The van der Waals surface area contributed by atoms with Crippen LogP contribution < -0.4 is 16.4 Å². The van der Waals surface area contributed by atoms with Crippen LogP contribution >= 0.6 is 0 Å². The molecule has 1 aromatic carbocycles. The van der Waals surface area contributed by atoms with Crippen LogP contribution in [0.5, 0.6) is 0 Å². The fraction of sp³-hybridized carbons (Fsp3) is 0.429. The molecule has 0 unspecified atom stereocenters. The summed E-state index contributed by atoms with van der Waals surface area (Å²) in [6.45, 7) is 2.73. The zero-order chi connectivity index (χ0) is 13.8. The Morgan fingerprint density at radius 1 is 1.37 bits per heavy atom. The molecule has 0 radical (unpaired) electrons. The first kappa shape index (κ1) is 13.5. The van der Waals surface area contributed by atoms with E-state index >= 15 is 0 Å². The van der Waals surface area contributed by atoms with Crippen molar-refractivity contribution in [1.29, 1.82) is 0 Å². The average molecular weight is 261 g/mol. The van der Waals surface area contributed by atoms with E-state index in [9.17, 15) is 9.59 Å². The van der Waals surface area contributed by atoms with Crippen LogP contribution in [0.3, 0.4) is 0 Å². The number of rotatable bonds is 3. The number of hydrogen-bond acceptors (Lipinski definition) is 3. The fourth-order valence-electron chi connectivity index (χ4n) is 2.25. The molecule has 1 aliphatic heterocycles. The summed E-state index contributed by atoms with van der Waals surface area (Å²) in [6.07, 6.45) is 3.06. The number of amides is 2. The Bertz CT molecular complexity index is 493. The molecule has 1 heterocycles. The maximum absolute atomic E-state index is 12.1. The monoisotopic (exact) mass is 261 g/mol. The van der Waals surface area contributed by atoms with Crippen LogP contribution in [0.15, 0.2) is 18.2 Å². The number of nitrogens with one attached hydrogen (secondary N) is 2. The molecule has 1 aliphatic rings. The lowest BCUT2D eigenvalue weighted by molar-refractivity contribution is -0.118. The largest absolute Gasteiger partial charge is 0.366 e. The number of anilines is 1. The van der Waals surface area contributed by atoms with Gasteiger partial charge in [-0.3, -0.25) is 9.59 Å². The van der Waals surface area contributed by atoms with Gasteiger partial charge in [0.25, 0.3) is 0 Å². The van der Waals surface area contributed by atoms with Gasteiger partial charge < -0.3 is 16.4 Å². The predicted octanol–water partition coefficient (Wildman–Crippen LogP) is 1.17. The molecule has 0 saturated carbocycles. The summed E-state index contributed by atoms with van der Waals surface area (Å²) in [4.78, 5) is 23.1. The van der Waals surface area contributed by atoms with Crippen molar-refractivity contribution in [1.82, 2.24) is 5.32 Å². The van der Waals surface area contributed by atoms with Gasteiger partial charge in [0.15, 0.2) is 0 Å². The quantitative estimate of drug-likeness (QED) is 0.763. The number of carbonyl (C=O) groups is 2. The number of nitrogens with two attached hydrogens (primary N) is 1. The summed E-state index contributed by atoms with van der Waals surface area (Å²) in [7, 11) is 0. The zero-order valence-corrected chi connectivity index (χ0v) is 11.0. The van der Waals surface area contributed by atoms with Gasteiger partial charge in [0, 0.05) is 11.3 Å². The smallest absolute Gasteiger partial charge is 0.248 e. The van der Waals surface area contributed by atoms with Crippen LogP contribution in [-0.4, -0.2) is 24.4 Å². The highest BCUT2D eigenvalue weighted by atomic mass is 16.2. The summed E-state index contributed by atoms with van der Waals surface area (Å²) < 4.78 is 0. The molecule has 4 N–H and O–H groups in total. The van der Waals surface area contributed by atoms with Gasteiger partial charge in [-0.2, -0.15) is 0 Å². The third-order valence-corrected chi connectivity index (χ3v) is 3.40. The summed E-state index contributed by atoms with van der Waals surface area (Å²) in [5.74, 6) is -0.482. The first-order valence-corrected chi connectivity index (χ1v) is 6.52. The molecule has 5 nitrogen and oxygen atoms in total. The molecule has 1 aromatic rings. The van der Waals surface area contributed by atoms with E-state index in [1.807, 2.05) is 6.92 Å². The lowest BCUT2D eigenvalue weighted by Gasteiger charge is -2.23. The second kappa shape index (κ2) is 5.84. The molecule has 19 heavy (non-hydrogen) atoms. The Balaban J connectivity index is 2.06. The zero-order valence-electron chi connectivity index (χ0n) is 11.0. The molecule has 1 fully saturated rings. The van der Waals surface area contributed by atoms with Crippen molar-refractivity contribution in [2.24, 2.45) is 5.73 Å². The second-order valence-corrected chi connectivity index (χ2v) is 4.89. The maximum Gasteiger partial charge on any atom is 0.248 e. The lowest BCUT2D eigenvalue weighted by Crippen LogP contribution is -2.43. The SMILES string of the molecule is Cc1cc(C(N)=O)ccc1NC(=O)[C@H]1CCCCN1. The van der Waals surface area contributed by atoms with Gasteiger partial charge in [-0.05, 0) is 50.1 Å². The molecule has 0 spiro atoms. The van der Waals surface area contributed by atoms with E-state index < -0.39 is 5.91 Å². The number of piperidine rings is 1. The molecular formula is C14H19N3O2. The first-order valence-electron chi connectivity index (χ1n) is 6.52. The van der Waals surface area contributed by atoms with Gasteiger partial charge in [0.05, 0.1) is 6.04 Å². The van der Waals surface area contributed by atoms with E-state index in [4.69, 9.17) is 5.73 Å². The Morgan fingerprint density at radius 2 is 2.16 bits per heavy atom. The highest BCUT2D eigenvalue weighted by Crippen LogP contribution is 2.17. The molecule has 5 heteroatoms. The van der Waals surface area contributed by atoms with Crippen LogP contribution in [0.1, 0.15) is 35.2 Å². The molecule has 2 rings (SSSR count). The topological polar surface area (TPSA) is 84.2 Å². The molecule has 0 aliphatic carbocycles. The molecule has 102 valence electrons. The normalized spacial score (nSPS) is 18.9. The Labute approximate surface area is 112 Å². The second-order valence-electron chi connectivity index (χ2n) is 4.89. The number of benzene rings is 1. The van der Waals surface area contributed by atoms with Crippen molar-refractivity contribution in [2.45, 2.75) is 32.2 Å². The van der Waals surface area contributed by atoms with Gasteiger partial charge in [-0.25, -0.2) is 0 Å². The molecule has 0 aromatic heterocycles. The van der Waals surface area contributed by atoms with Gasteiger partial charge in [-0.1, -0.05) is 6.42 Å². The standard InChI is InChI=1S/C14H19N3O2/c1-9-8-10(13(15)18)5-6-11(9)17-14(19)12-4-2-3-7-16-12/h5-6,8,12,16H,2-4,7H2,1H3,(H2,15,18)(H,17,19)/t12-/m1/s1. The third-order valence-electron chi connectivity index (χ3n) is 3.40. The van der Waals surface area contributed by atoms with Gasteiger partial charge in [0.2, 0.25) is 11.8 Å². The molecular weight excluding hydrogens is 242 g/mol. The van der Waals surface area contributed by atoms with E-state index in [0.717, 1.165) is 37.1 Å². The van der Waals surface area contributed by atoms with Crippen molar-refractivity contribution in [2.75, 3.05) is 11.9 Å². The van der Waals surface area contributed by atoms with Crippen LogP contribution in [0.25, 0.3) is 0 Å². The number of aryl methyl sites for hydroxylation is 1. The third kappa shape index (κ3) is 3.32. The average Bonchev–Trinajstić information content (AvgIpc) is 2.41. The summed E-state index contributed by atoms with van der Waals surface area (Å²) in [5.41, 5.74) is 7.22. The predicted molar refractivity (Wildman–Crippen MR) is 74.0 cm³/mol. The summed E-state index contributed by atoms with van der Waals surface area (Å²) in [6, 6.07) is 4.91. The van der Waals surface area contributed by atoms with Crippen LogP contribution in [-0.2, 0) is 4.79 Å². The number of hydrogen-bond donors (Lipinski definition) is 3. The van der Waals surface area contributed by atoms with Gasteiger partial charge in [0.1, 0.15) is 0 Å². The van der Waals surface area contributed by atoms with Crippen molar-refractivity contribution in [3.63, 3.8) is 0 Å². The summed E-state index contributed by atoms with van der Waals surface area (Å²) in [5, 5.41) is 6.09. The van der Waals surface area contributed by atoms with Crippen molar-refractivity contribution < 1.29 is 9.59 Å². The highest BCUT2D eigenvalue weighted by Gasteiger charge is 2.20. The Hall–Kier alpha value is -1.88. The Morgan fingerprint density at radius 3 is 2.74 bits per heavy atom. The van der Waals surface area contributed by atoms with Crippen LogP contribution in [0, 0.1) is 6.92 Å². The van der Waals surface area contributed by atoms with Crippen LogP contribution in [0.4, 0.5) is 5.69 Å². The fourth-order valence-corrected chi connectivity index (χ4v) is 2.25. The molecule has 0 bridgehead atoms. The van der Waals surface area contributed by atoms with E-state index in [1.165, 1.54) is 0 Å².